The number of rotatable bonds is 6. The number of likely N-dealkylation sites (tertiary alicyclic amines) is 1. The number of nitrogens with one attached hydrogen (secondary N) is 3. The normalized spacial score (nSPS) is 15.3. The summed E-state index contributed by atoms with van der Waals surface area (Å²) in [7, 11) is 4.86. The third kappa shape index (κ3) is 4.92. The summed E-state index contributed by atoms with van der Waals surface area (Å²) in [5.41, 5.74) is 5.15. The molecule has 1 atom stereocenters. The zero-order chi connectivity index (χ0) is 26.6. The minimum atomic E-state index is -0.629. The van der Waals surface area contributed by atoms with Crippen molar-refractivity contribution in [2.24, 2.45) is 0 Å². The Morgan fingerprint density at radius 3 is 2.71 bits per heavy atom. The largest absolute Gasteiger partial charge is 0.496 e. The van der Waals surface area contributed by atoms with Gasteiger partial charge in [-0.25, -0.2) is 9.78 Å². The molecule has 38 heavy (non-hydrogen) atoms. The monoisotopic (exact) mass is 513 g/mol. The molecule has 196 valence electrons. The van der Waals surface area contributed by atoms with E-state index in [9.17, 15) is 9.59 Å². The highest BCUT2D eigenvalue weighted by molar-refractivity contribution is 6.04. The molecule has 1 unspecified atom stereocenters. The molecule has 1 aliphatic heterocycles. The number of carbonyl (C=O) groups excluding carboxylic acids is 2. The molecule has 5 rings (SSSR count). The molecule has 1 fully saturated rings. The van der Waals surface area contributed by atoms with E-state index in [4.69, 9.17) is 9.47 Å². The fourth-order valence-corrected chi connectivity index (χ4v) is 4.99. The third-order valence-electron chi connectivity index (χ3n) is 7.05. The number of amides is 2. The SMILES string of the molecule is CNC1CCCN(C(=O)c2cc(-c3cnc4[nH]cc(-c5ccccc5OC)c4c3)ccc2NC(=O)OC)C1. The number of carbonyl (C=O) groups is 2. The van der Waals surface area contributed by atoms with Gasteiger partial charge in [0.15, 0.2) is 0 Å². The number of benzene rings is 2. The fraction of sp³-hybridized carbons (Fsp3) is 0.276. The first-order valence-corrected chi connectivity index (χ1v) is 12.6. The van der Waals surface area contributed by atoms with Crippen molar-refractivity contribution in [2.45, 2.75) is 18.9 Å². The van der Waals surface area contributed by atoms with E-state index in [-0.39, 0.29) is 11.9 Å². The van der Waals surface area contributed by atoms with Gasteiger partial charge in [-0.15, -0.1) is 0 Å². The lowest BCUT2D eigenvalue weighted by atomic mass is 9.98. The predicted molar refractivity (Wildman–Crippen MR) is 148 cm³/mol. The van der Waals surface area contributed by atoms with Crippen LogP contribution in [0.25, 0.3) is 33.3 Å². The van der Waals surface area contributed by atoms with Crippen molar-refractivity contribution in [1.82, 2.24) is 20.2 Å². The Kier molecular flexibility index (Phi) is 7.28. The summed E-state index contributed by atoms with van der Waals surface area (Å²) < 4.78 is 10.4. The lowest BCUT2D eigenvalue weighted by Gasteiger charge is -2.33. The summed E-state index contributed by atoms with van der Waals surface area (Å²) >= 11 is 0. The number of pyridine rings is 1. The van der Waals surface area contributed by atoms with Crippen molar-refractivity contribution in [3.05, 3.63) is 66.5 Å². The number of piperidine rings is 1. The average molecular weight is 514 g/mol. The van der Waals surface area contributed by atoms with Crippen molar-refractivity contribution >= 4 is 28.7 Å². The molecule has 1 aliphatic rings. The number of fused-ring (bicyclic) bond motifs is 1. The van der Waals surface area contributed by atoms with E-state index in [1.807, 2.05) is 54.5 Å². The van der Waals surface area contributed by atoms with Gasteiger partial charge in [-0.05, 0) is 49.7 Å². The van der Waals surface area contributed by atoms with E-state index in [1.165, 1.54) is 7.11 Å². The minimum absolute atomic E-state index is 0.136. The van der Waals surface area contributed by atoms with E-state index in [2.05, 4.69) is 26.7 Å². The van der Waals surface area contributed by atoms with Crippen molar-refractivity contribution in [3.8, 4) is 28.0 Å². The van der Waals surface area contributed by atoms with Crippen LogP contribution in [0.5, 0.6) is 5.75 Å². The maximum Gasteiger partial charge on any atom is 0.411 e. The number of nitrogens with zero attached hydrogens (tertiary/aromatic N) is 2. The van der Waals surface area contributed by atoms with Gasteiger partial charge in [-0.1, -0.05) is 24.3 Å². The number of ether oxygens (including phenoxy) is 2. The minimum Gasteiger partial charge on any atom is -0.496 e. The van der Waals surface area contributed by atoms with Crippen LogP contribution in [0.2, 0.25) is 0 Å². The van der Waals surface area contributed by atoms with E-state index < -0.39 is 6.09 Å². The lowest BCUT2D eigenvalue weighted by molar-refractivity contribution is 0.0699. The second kappa shape index (κ2) is 10.9. The van der Waals surface area contributed by atoms with E-state index in [0.717, 1.165) is 51.9 Å². The summed E-state index contributed by atoms with van der Waals surface area (Å²) in [4.78, 5) is 35.4. The molecular formula is C29H31N5O4. The van der Waals surface area contributed by atoms with Crippen LogP contribution in [0.1, 0.15) is 23.2 Å². The van der Waals surface area contributed by atoms with Crippen LogP contribution in [0.15, 0.2) is 60.9 Å². The van der Waals surface area contributed by atoms with Gasteiger partial charge in [-0.3, -0.25) is 10.1 Å². The van der Waals surface area contributed by atoms with Gasteiger partial charge in [0, 0.05) is 53.6 Å². The molecule has 0 saturated carbocycles. The molecule has 3 N–H and O–H groups in total. The molecule has 2 aromatic carbocycles. The number of aromatic nitrogens is 2. The van der Waals surface area contributed by atoms with Crippen molar-refractivity contribution in [1.29, 1.82) is 0 Å². The van der Waals surface area contributed by atoms with Gasteiger partial charge in [0.25, 0.3) is 5.91 Å². The molecule has 4 aromatic rings. The summed E-state index contributed by atoms with van der Waals surface area (Å²) in [6.45, 7) is 1.27. The number of H-pyrrole nitrogens is 1. The van der Waals surface area contributed by atoms with Gasteiger partial charge in [-0.2, -0.15) is 0 Å². The standard InChI is InChI=1S/C29H31N5O4/c1-30-20-7-6-12-34(17-20)28(35)23-13-18(10-11-25(23)33-29(36)38-3)19-14-22-24(16-32-27(22)31-15-19)21-8-4-5-9-26(21)37-2/h4-5,8-11,13-16,20,30H,6-7,12,17H2,1-3H3,(H,31,32)(H,33,36). The van der Waals surface area contributed by atoms with Crippen LogP contribution in [-0.4, -0.2) is 67.3 Å². The predicted octanol–water partition coefficient (Wildman–Crippen LogP) is 4.91. The summed E-state index contributed by atoms with van der Waals surface area (Å²) in [5, 5.41) is 6.90. The smallest absolute Gasteiger partial charge is 0.411 e. The zero-order valence-electron chi connectivity index (χ0n) is 21.7. The Balaban J connectivity index is 1.56. The molecule has 3 heterocycles. The van der Waals surface area contributed by atoms with Crippen molar-refractivity contribution < 1.29 is 19.1 Å². The lowest BCUT2D eigenvalue weighted by Crippen LogP contribution is -2.47. The summed E-state index contributed by atoms with van der Waals surface area (Å²) in [6.07, 6.45) is 5.00. The van der Waals surface area contributed by atoms with Crippen LogP contribution in [-0.2, 0) is 4.74 Å². The Bertz CT molecular complexity index is 1480. The Hall–Kier alpha value is -4.37. The van der Waals surface area contributed by atoms with E-state index in [1.54, 1.807) is 19.4 Å². The quantitative estimate of drug-likeness (QED) is 0.338. The molecule has 9 heteroatoms. The molecule has 0 aliphatic carbocycles. The number of anilines is 1. The number of likely N-dealkylation sites (N-methyl/N-ethyl adjacent to an activating group) is 1. The molecule has 2 amide bonds. The van der Waals surface area contributed by atoms with E-state index >= 15 is 0 Å². The summed E-state index contributed by atoms with van der Waals surface area (Å²) in [5.74, 6) is 0.634. The topological polar surface area (TPSA) is 109 Å². The van der Waals surface area contributed by atoms with Crippen LogP contribution < -0.4 is 15.4 Å². The van der Waals surface area contributed by atoms with Crippen LogP contribution in [0.4, 0.5) is 10.5 Å². The maximum atomic E-state index is 13.7. The fourth-order valence-electron chi connectivity index (χ4n) is 4.99. The molecular weight excluding hydrogens is 482 g/mol. The van der Waals surface area contributed by atoms with E-state index in [0.29, 0.717) is 24.3 Å². The molecule has 0 spiro atoms. The first-order chi connectivity index (χ1) is 18.5. The number of methoxy groups -OCH3 is 2. The number of para-hydroxylation sites is 1. The molecule has 1 saturated heterocycles. The van der Waals surface area contributed by atoms with Gasteiger partial charge < -0.3 is 24.7 Å². The second-order valence-electron chi connectivity index (χ2n) is 9.28. The molecule has 0 radical (unpaired) electrons. The Labute approximate surface area is 221 Å². The van der Waals surface area contributed by atoms with Gasteiger partial charge >= 0.3 is 6.09 Å². The molecule has 9 nitrogen and oxygen atoms in total. The third-order valence-corrected chi connectivity index (χ3v) is 7.05. The van der Waals surface area contributed by atoms with Crippen LogP contribution in [0.3, 0.4) is 0 Å². The van der Waals surface area contributed by atoms with Crippen LogP contribution >= 0.6 is 0 Å². The maximum absolute atomic E-state index is 13.7. The van der Waals surface area contributed by atoms with Crippen molar-refractivity contribution in [3.63, 3.8) is 0 Å². The van der Waals surface area contributed by atoms with Gasteiger partial charge in [0.05, 0.1) is 25.5 Å². The average Bonchev–Trinajstić information content (AvgIpc) is 3.40. The highest BCUT2D eigenvalue weighted by Crippen LogP contribution is 2.36. The first kappa shape index (κ1) is 25.3. The highest BCUT2D eigenvalue weighted by atomic mass is 16.5. The zero-order valence-corrected chi connectivity index (χ0v) is 21.7. The Morgan fingerprint density at radius 2 is 1.92 bits per heavy atom. The van der Waals surface area contributed by atoms with Gasteiger partial charge in [0.1, 0.15) is 11.4 Å². The molecule has 0 bridgehead atoms. The second-order valence-corrected chi connectivity index (χ2v) is 9.28. The number of hydrogen-bond acceptors (Lipinski definition) is 6. The summed E-state index contributed by atoms with van der Waals surface area (Å²) in [6, 6.07) is 15.5. The molecule has 2 aromatic heterocycles. The first-order valence-electron chi connectivity index (χ1n) is 12.6. The van der Waals surface area contributed by atoms with Crippen LogP contribution in [0, 0.1) is 0 Å². The number of hydrogen-bond donors (Lipinski definition) is 3. The van der Waals surface area contributed by atoms with Gasteiger partial charge in [0.2, 0.25) is 0 Å². The van der Waals surface area contributed by atoms with Crippen molar-refractivity contribution in [2.75, 3.05) is 39.7 Å². The number of aromatic amines is 1. The highest BCUT2D eigenvalue weighted by Gasteiger charge is 2.26. The Morgan fingerprint density at radius 1 is 1.08 bits per heavy atom.